The van der Waals surface area contributed by atoms with E-state index in [4.69, 9.17) is 4.74 Å². The average molecular weight is 492 g/mol. The van der Waals surface area contributed by atoms with Gasteiger partial charge in [0.15, 0.2) is 0 Å². The third-order valence-electron chi connectivity index (χ3n) is 5.58. The Hall–Kier alpha value is -3.38. The van der Waals surface area contributed by atoms with Crippen molar-refractivity contribution in [2.45, 2.75) is 19.9 Å². The van der Waals surface area contributed by atoms with Crippen LogP contribution in [0.4, 0.5) is 5.69 Å². The van der Waals surface area contributed by atoms with Gasteiger partial charge in [0.2, 0.25) is 0 Å². The molecular formula is C26H22BrNO4. The Kier molecular flexibility index (Phi) is 5.89. The van der Waals surface area contributed by atoms with Crippen molar-refractivity contribution >= 4 is 39.1 Å². The van der Waals surface area contributed by atoms with Crippen LogP contribution in [0.15, 0.2) is 76.8 Å². The Morgan fingerprint density at radius 2 is 1.75 bits per heavy atom. The fraction of sp³-hybridized carbons (Fsp3) is 0.154. The fourth-order valence-electron chi connectivity index (χ4n) is 4.01. The zero-order valence-corrected chi connectivity index (χ0v) is 19.5. The zero-order valence-electron chi connectivity index (χ0n) is 17.9. The number of nitrogens with zero attached hydrogens (tertiary/aromatic N) is 1. The van der Waals surface area contributed by atoms with Crippen molar-refractivity contribution in [3.63, 3.8) is 0 Å². The van der Waals surface area contributed by atoms with Crippen LogP contribution in [0.3, 0.4) is 0 Å². The molecule has 5 nitrogen and oxygen atoms in total. The highest BCUT2D eigenvalue weighted by Gasteiger charge is 2.47. The van der Waals surface area contributed by atoms with E-state index in [1.807, 2.05) is 44.2 Å². The number of ketones is 1. The summed E-state index contributed by atoms with van der Waals surface area (Å²) in [4.78, 5) is 28.0. The molecule has 0 spiro atoms. The lowest BCUT2D eigenvalue weighted by molar-refractivity contribution is -0.132. The van der Waals surface area contributed by atoms with E-state index in [9.17, 15) is 14.7 Å². The highest BCUT2D eigenvalue weighted by Crippen LogP contribution is 2.45. The number of hydrogen-bond donors (Lipinski definition) is 1. The molecule has 1 amide bonds. The van der Waals surface area contributed by atoms with Crippen molar-refractivity contribution in [3.8, 4) is 5.75 Å². The Morgan fingerprint density at radius 3 is 2.44 bits per heavy atom. The van der Waals surface area contributed by atoms with Crippen LogP contribution in [-0.2, 0) is 9.59 Å². The third-order valence-corrected chi connectivity index (χ3v) is 6.47. The summed E-state index contributed by atoms with van der Waals surface area (Å²) >= 11 is 3.46. The molecule has 1 N–H and O–H groups in total. The zero-order chi connectivity index (χ0) is 23.0. The van der Waals surface area contributed by atoms with Gasteiger partial charge in [-0.15, -0.1) is 0 Å². The molecule has 1 heterocycles. The number of para-hydroxylation sites is 2. The maximum Gasteiger partial charge on any atom is 0.300 e. The van der Waals surface area contributed by atoms with E-state index in [-0.39, 0.29) is 11.3 Å². The number of carbonyl (C=O) groups is 2. The molecule has 1 fully saturated rings. The van der Waals surface area contributed by atoms with Gasteiger partial charge in [-0.05, 0) is 49.2 Å². The topological polar surface area (TPSA) is 66.8 Å². The van der Waals surface area contributed by atoms with Gasteiger partial charge < -0.3 is 9.84 Å². The lowest BCUT2D eigenvalue weighted by Gasteiger charge is -2.27. The lowest BCUT2D eigenvalue weighted by Crippen LogP contribution is -2.29. The van der Waals surface area contributed by atoms with Gasteiger partial charge in [0, 0.05) is 10.0 Å². The predicted molar refractivity (Wildman–Crippen MR) is 128 cm³/mol. The number of benzene rings is 3. The molecule has 3 aromatic rings. The molecule has 1 aliphatic rings. The number of aryl methyl sites for hydroxylation is 2. The Morgan fingerprint density at radius 1 is 1.00 bits per heavy atom. The van der Waals surface area contributed by atoms with Crippen LogP contribution in [0.25, 0.3) is 5.76 Å². The Labute approximate surface area is 195 Å². The molecule has 0 aromatic heterocycles. The average Bonchev–Trinajstić information content (AvgIpc) is 3.05. The number of ether oxygens (including phenoxy) is 1. The molecule has 1 aliphatic heterocycles. The van der Waals surface area contributed by atoms with Crippen LogP contribution in [0, 0.1) is 13.8 Å². The summed E-state index contributed by atoms with van der Waals surface area (Å²) in [7, 11) is 1.52. The minimum atomic E-state index is -0.796. The van der Waals surface area contributed by atoms with Gasteiger partial charge in [0.1, 0.15) is 11.5 Å². The maximum absolute atomic E-state index is 13.3. The smallest absolute Gasteiger partial charge is 0.300 e. The molecule has 0 radical (unpaired) electrons. The fourth-order valence-corrected chi connectivity index (χ4v) is 4.26. The number of rotatable bonds is 4. The molecule has 6 heteroatoms. The summed E-state index contributed by atoms with van der Waals surface area (Å²) in [5.74, 6) is -1.19. The molecule has 1 unspecified atom stereocenters. The van der Waals surface area contributed by atoms with Crippen molar-refractivity contribution in [1.82, 2.24) is 0 Å². The van der Waals surface area contributed by atoms with E-state index >= 15 is 0 Å². The summed E-state index contributed by atoms with van der Waals surface area (Å²) < 4.78 is 6.36. The Bertz CT molecular complexity index is 1260. The van der Waals surface area contributed by atoms with E-state index < -0.39 is 17.7 Å². The van der Waals surface area contributed by atoms with E-state index in [0.717, 1.165) is 21.2 Å². The first-order valence-corrected chi connectivity index (χ1v) is 10.9. The van der Waals surface area contributed by atoms with Crippen LogP contribution in [0.1, 0.15) is 28.3 Å². The number of halogens is 1. The van der Waals surface area contributed by atoms with Gasteiger partial charge in [-0.25, -0.2) is 0 Å². The number of hydrogen-bond acceptors (Lipinski definition) is 4. The van der Waals surface area contributed by atoms with Crippen LogP contribution in [0.2, 0.25) is 0 Å². The molecule has 1 saturated heterocycles. The van der Waals surface area contributed by atoms with Crippen LogP contribution in [-0.4, -0.2) is 23.9 Å². The van der Waals surface area contributed by atoms with Gasteiger partial charge in [-0.1, -0.05) is 64.0 Å². The Balaban J connectivity index is 1.99. The largest absolute Gasteiger partial charge is 0.507 e. The first-order valence-electron chi connectivity index (χ1n) is 10.1. The van der Waals surface area contributed by atoms with Gasteiger partial charge >= 0.3 is 0 Å². The first-order chi connectivity index (χ1) is 15.3. The number of methoxy groups -OCH3 is 1. The minimum Gasteiger partial charge on any atom is -0.507 e. The highest BCUT2D eigenvalue weighted by molar-refractivity contribution is 9.10. The molecular weight excluding hydrogens is 470 g/mol. The minimum absolute atomic E-state index is 0.0493. The standard InChI is InChI=1S/C26H22BrNO4/c1-15-7-6-8-17(13-15)23-22(24(29)18-11-12-19(27)16(2)14-18)25(30)26(31)28(23)20-9-4-5-10-21(20)32-3/h4-14,23,29H,1-3H3/b24-22-. The van der Waals surface area contributed by atoms with Gasteiger partial charge in [0.05, 0.1) is 24.4 Å². The van der Waals surface area contributed by atoms with E-state index in [0.29, 0.717) is 17.0 Å². The van der Waals surface area contributed by atoms with E-state index in [2.05, 4.69) is 15.9 Å². The second-order valence-electron chi connectivity index (χ2n) is 7.72. The summed E-state index contributed by atoms with van der Waals surface area (Å²) in [5.41, 5.74) is 3.60. The molecule has 0 bridgehead atoms. The van der Waals surface area contributed by atoms with Crippen molar-refractivity contribution in [2.75, 3.05) is 12.0 Å². The van der Waals surface area contributed by atoms with Gasteiger partial charge in [0.25, 0.3) is 11.7 Å². The third kappa shape index (κ3) is 3.71. The van der Waals surface area contributed by atoms with E-state index in [1.165, 1.54) is 12.0 Å². The van der Waals surface area contributed by atoms with Crippen LogP contribution >= 0.6 is 15.9 Å². The van der Waals surface area contributed by atoms with Gasteiger partial charge in [-0.3, -0.25) is 14.5 Å². The second kappa shape index (κ2) is 8.63. The summed E-state index contributed by atoms with van der Waals surface area (Å²) in [6, 6.07) is 19.1. The monoisotopic (exact) mass is 491 g/mol. The molecule has 162 valence electrons. The first kappa shape index (κ1) is 21.8. The molecule has 0 saturated carbocycles. The summed E-state index contributed by atoms with van der Waals surface area (Å²) in [5, 5.41) is 11.2. The van der Waals surface area contributed by atoms with Crippen molar-refractivity contribution in [3.05, 3.63) is 99.0 Å². The molecule has 4 rings (SSSR count). The second-order valence-corrected chi connectivity index (χ2v) is 8.57. The molecule has 1 atom stereocenters. The number of amides is 1. The van der Waals surface area contributed by atoms with Crippen molar-refractivity contribution < 1.29 is 19.4 Å². The predicted octanol–water partition coefficient (Wildman–Crippen LogP) is 5.70. The van der Waals surface area contributed by atoms with Crippen molar-refractivity contribution in [1.29, 1.82) is 0 Å². The number of aliphatic hydroxyl groups is 1. The highest BCUT2D eigenvalue weighted by atomic mass is 79.9. The molecule has 0 aliphatic carbocycles. The number of anilines is 1. The summed E-state index contributed by atoms with van der Waals surface area (Å²) in [6.45, 7) is 3.84. The lowest BCUT2D eigenvalue weighted by atomic mass is 9.94. The number of aliphatic hydroxyl groups excluding tert-OH is 1. The normalized spacial score (nSPS) is 17.6. The van der Waals surface area contributed by atoms with Gasteiger partial charge in [-0.2, -0.15) is 0 Å². The maximum atomic E-state index is 13.3. The molecule has 32 heavy (non-hydrogen) atoms. The quantitative estimate of drug-likeness (QED) is 0.288. The van der Waals surface area contributed by atoms with Crippen molar-refractivity contribution in [2.24, 2.45) is 0 Å². The summed E-state index contributed by atoms with van der Waals surface area (Å²) in [6.07, 6.45) is 0. The van der Waals surface area contributed by atoms with E-state index in [1.54, 1.807) is 36.4 Å². The van der Waals surface area contributed by atoms with Crippen LogP contribution < -0.4 is 9.64 Å². The van der Waals surface area contributed by atoms with Crippen LogP contribution in [0.5, 0.6) is 5.75 Å². The SMILES string of the molecule is COc1ccccc1N1C(=O)C(=O)/C(=C(\O)c2ccc(Br)c(C)c2)C1c1cccc(C)c1. The number of Topliss-reactive ketones (excluding diaryl/α,β-unsaturated/α-hetero) is 1. The number of carbonyl (C=O) groups excluding carboxylic acids is 2. The molecule has 3 aromatic carbocycles.